The molecule has 2 rings (SSSR count). The van der Waals surface area contributed by atoms with Gasteiger partial charge in [-0.05, 0) is 30.2 Å². The summed E-state index contributed by atoms with van der Waals surface area (Å²) in [4.78, 5) is 24.9. The van der Waals surface area contributed by atoms with Crippen LogP contribution >= 0.6 is 0 Å². The average Bonchev–Trinajstić information content (AvgIpc) is 2.48. The zero-order chi connectivity index (χ0) is 14.5. The summed E-state index contributed by atoms with van der Waals surface area (Å²) in [5.74, 6) is -1.17. The molecule has 0 saturated carbocycles. The van der Waals surface area contributed by atoms with E-state index in [-0.39, 0.29) is 11.5 Å². The molecule has 1 aliphatic heterocycles. The zero-order valence-electron chi connectivity index (χ0n) is 11.3. The molecule has 0 spiro atoms. The lowest BCUT2D eigenvalue weighted by Crippen LogP contribution is -2.35. The number of ether oxygens (including phenoxy) is 1. The Bertz CT molecular complexity index is 551. The number of methoxy groups -OCH3 is 1. The second-order valence-corrected chi connectivity index (χ2v) is 4.68. The highest BCUT2D eigenvalue weighted by Gasteiger charge is 2.19. The number of nitrogens with zero attached hydrogens (tertiary/aromatic N) is 1. The van der Waals surface area contributed by atoms with Crippen LogP contribution in [0.5, 0.6) is 0 Å². The van der Waals surface area contributed by atoms with Crippen LogP contribution < -0.4 is 0 Å². The van der Waals surface area contributed by atoms with E-state index in [0.717, 1.165) is 6.42 Å². The van der Waals surface area contributed by atoms with Gasteiger partial charge in [0.05, 0.1) is 12.2 Å². The van der Waals surface area contributed by atoms with Crippen LogP contribution in [-0.2, 0) is 4.74 Å². The van der Waals surface area contributed by atoms with E-state index in [9.17, 15) is 9.59 Å². The standard InChI is InChI=1S/C15H17NO4/c1-20-10-11-5-7-16(8-6-11)14(17)12-3-2-4-13(9-12)15(18)19/h2-5,9H,6-8,10H2,1H3,(H,18,19). The molecule has 0 atom stereocenters. The molecule has 1 amide bonds. The molecule has 1 aromatic rings. The average molecular weight is 275 g/mol. The third-order valence-electron chi connectivity index (χ3n) is 3.28. The summed E-state index contributed by atoms with van der Waals surface area (Å²) in [7, 11) is 1.65. The van der Waals surface area contributed by atoms with Gasteiger partial charge in [0.2, 0.25) is 0 Å². The maximum Gasteiger partial charge on any atom is 0.335 e. The van der Waals surface area contributed by atoms with E-state index >= 15 is 0 Å². The zero-order valence-corrected chi connectivity index (χ0v) is 11.3. The van der Waals surface area contributed by atoms with Crippen LogP contribution in [0.15, 0.2) is 35.9 Å². The van der Waals surface area contributed by atoms with Crippen molar-refractivity contribution < 1.29 is 19.4 Å². The number of hydrogen-bond donors (Lipinski definition) is 1. The van der Waals surface area contributed by atoms with Crippen LogP contribution in [0.25, 0.3) is 0 Å². The summed E-state index contributed by atoms with van der Waals surface area (Å²) in [5.41, 5.74) is 1.73. The van der Waals surface area contributed by atoms with Crippen LogP contribution in [0.4, 0.5) is 0 Å². The Balaban J connectivity index is 2.09. The van der Waals surface area contributed by atoms with Gasteiger partial charge in [0, 0.05) is 25.8 Å². The minimum atomic E-state index is -1.03. The molecular weight excluding hydrogens is 258 g/mol. The van der Waals surface area contributed by atoms with Crippen molar-refractivity contribution in [2.45, 2.75) is 6.42 Å². The second kappa shape index (κ2) is 6.34. The summed E-state index contributed by atoms with van der Waals surface area (Å²) in [6, 6.07) is 6.13. The molecular formula is C15H17NO4. The minimum absolute atomic E-state index is 0.128. The van der Waals surface area contributed by atoms with Crippen LogP contribution in [0.2, 0.25) is 0 Å². The van der Waals surface area contributed by atoms with Crippen LogP contribution in [0.1, 0.15) is 27.1 Å². The third-order valence-corrected chi connectivity index (χ3v) is 3.28. The van der Waals surface area contributed by atoms with Crippen molar-refractivity contribution in [2.75, 3.05) is 26.8 Å². The molecule has 0 aliphatic carbocycles. The van der Waals surface area contributed by atoms with Crippen LogP contribution in [0, 0.1) is 0 Å². The first-order chi connectivity index (χ1) is 9.61. The molecule has 0 saturated heterocycles. The molecule has 5 nitrogen and oxygen atoms in total. The van der Waals surface area contributed by atoms with Crippen molar-refractivity contribution in [1.29, 1.82) is 0 Å². The van der Waals surface area contributed by atoms with Crippen molar-refractivity contribution in [3.8, 4) is 0 Å². The third kappa shape index (κ3) is 3.24. The van der Waals surface area contributed by atoms with E-state index in [1.165, 1.54) is 17.7 Å². The SMILES string of the molecule is COCC1=CCN(C(=O)c2cccc(C(=O)O)c2)CC1. The first-order valence-electron chi connectivity index (χ1n) is 6.41. The first-order valence-corrected chi connectivity index (χ1v) is 6.41. The van der Waals surface area contributed by atoms with E-state index in [1.807, 2.05) is 6.08 Å². The Morgan fingerprint density at radius 3 is 2.70 bits per heavy atom. The maximum atomic E-state index is 12.3. The van der Waals surface area contributed by atoms with Gasteiger partial charge in [0.25, 0.3) is 5.91 Å². The van der Waals surface area contributed by atoms with Gasteiger partial charge in [-0.2, -0.15) is 0 Å². The van der Waals surface area contributed by atoms with E-state index < -0.39 is 5.97 Å². The predicted octanol–water partition coefficient (Wildman–Crippen LogP) is 1.80. The number of aromatic carboxylic acids is 1. The fourth-order valence-corrected chi connectivity index (χ4v) is 2.18. The van der Waals surface area contributed by atoms with E-state index in [0.29, 0.717) is 25.3 Å². The number of rotatable bonds is 4. The Kier molecular flexibility index (Phi) is 4.53. The number of carbonyl (C=O) groups is 2. The van der Waals surface area contributed by atoms with Crippen molar-refractivity contribution in [1.82, 2.24) is 4.90 Å². The molecule has 106 valence electrons. The number of carboxylic acid groups (broad SMARTS) is 1. The number of hydrogen-bond acceptors (Lipinski definition) is 3. The highest BCUT2D eigenvalue weighted by atomic mass is 16.5. The molecule has 1 heterocycles. The lowest BCUT2D eigenvalue weighted by molar-refractivity contribution is 0.0697. The topological polar surface area (TPSA) is 66.8 Å². The fourth-order valence-electron chi connectivity index (χ4n) is 2.18. The van der Waals surface area contributed by atoms with Crippen LogP contribution in [0.3, 0.4) is 0 Å². The molecule has 1 aromatic carbocycles. The number of benzene rings is 1. The van der Waals surface area contributed by atoms with Gasteiger partial charge in [0.15, 0.2) is 0 Å². The summed E-state index contributed by atoms with van der Waals surface area (Å²) < 4.78 is 5.07. The van der Waals surface area contributed by atoms with Gasteiger partial charge in [-0.3, -0.25) is 4.79 Å². The van der Waals surface area contributed by atoms with E-state index in [4.69, 9.17) is 9.84 Å². The Morgan fingerprint density at radius 2 is 2.10 bits per heavy atom. The smallest absolute Gasteiger partial charge is 0.335 e. The lowest BCUT2D eigenvalue weighted by Gasteiger charge is -2.26. The summed E-state index contributed by atoms with van der Waals surface area (Å²) in [6.07, 6.45) is 2.78. The van der Waals surface area contributed by atoms with Crippen molar-refractivity contribution >= 4 is 11.9 Å². The maximum absolute atomic E-state index is 12.3. The summed E-state index contributed by atoms with van der Waals surface area (Å²) in [6.45, 7) is 1.76. The summed E-state index contributed by atoms with van der Waals surface area (Å²) >= 11 is 0. The molecule has 0 bridgehead atoms. The molecule has 0 unspecified atom stereocenters. The minimum Gasteiger partial charge on any atom is -0.478 e. The predicted molar refractivity (Wildman–Crippen MR) is 73.9 cm³/mol. The van der Waals surface area contributed by atoms with Gasteiger partial charge in [0.1, 0.15) is 0 Å². The first kappa shape index (κ1) is 14.3. The van der Waals surface area contributed by atoms with Crippen molar-refractivity contribution in [3.63, 3.8) is 0 Å². The largest absolute Gasteiger partial charge is 0.478 e. The number of carboxylic acids is 1. The van der Waals surface area contributed by atoms with Gasteiger partial charge in [-0.15, -0.1) is 0 Å². The van der Waals surface area contributed by atoms with Crippen molar-refractivity contribution in [2.24, 2.45) is 0 Å². The van der Waals surface area contributed by atoms with Crippen molar-refractivity contribution in [3.05, 3.63) is 47.0 Å². The Hall–Kier alpha value is -2.14. The van der Waals surface area contributed by atoms with Crippen LogP contribution in [-0.4, -0.2) is 48.7 Å². The van der Waals surface area contributed by atoms with Gasteiger partial charge < -0.3 is 14.7 Å². The molecule has 1 N–H and O–H groups in total. The molecule has 0 aromatic heterocycles. The number of carbonyl (C=O) groups excluding carboxylic acids is 1. The second-order valence-electron chi connectivity index (χ2n) is 4.68. The molecule has 1 aliphatic rings. The van der Waals surface area contributed by atoms with E-state index in [1.54, 1.807) is 24.1 Å². The van der Waals surface area contributed by atoms with Gasteiger partial charge in [-0.1, -0.05) is 12.1 Å². The Labute approximate surface area is 117 Å². The molecule has 0 fully saturated rings. The highest BCUT2D eigenvalue weighted by Crippen LogP contribution is 2.15. The lowest BCUT2D eigenvalue weighted by atomic mass is 10.1. The normalized spacial score (nSPS) is 14.8. The molecule has 0 radical (unpaired) electrons. The Morgan fingerprint density at radius 1 is 1.35 bits per heavy atom. The van der Waals surface area contributed by atoms with Gasteiger partial charge >= 0.3 is 5.97 Å². The number of amides is 1. The molecule has 5 heteroatoms. The summed E-state index contributed by atoms with van der Waals surface area (Å²) in [5, 5.41) is 8.95. The molecule has 20 heavy (non-hydrogen) atoms. The van der Waals surface area contributed by atoms with Gasteiger partial charge in [-0.25, -0.2) is 4.79 Å². The highest BCUT2D eigenvalue weighted by molar-refractivity contribution is 5.97. The fraction of sp³-hybridized carbons (Fsp3) is 0.333. The monoisotopic (exact) mass is 275 g/mol. The van der Waals surface area contributed by atoms with E-state index in [2.05, 4.69) is 0 Å². The quantitative estimate of drug-likeness (QED) is 0.851.